The van der Waals surface area contributed by atoms with Gasteiger partial charge in [0.2, 0.25) is 5.91 Å². The molecule has 2 rings (SSSR count). The van der Waals surface area contributed by atoms with Crippen LogP contribution >= 0.6 is 0 Å². The zero-order valence-corrected chi connectivity index (χ0v) is 10.8. The number of aryl methyl sites for hydroxylation is 1. The summed E-state index contributed by atoms with van der Waals surface area (Å²) in [5.74, 6) is 0.736. The van der Waals surface area contributed by atoms with Gasteiger partial charge in [-0.1, -0.05) is 30.3 Å². The van der Waals surface area contributed by atoms with Gasteiger partial charge < -0.3 is 11.1 Å². The van der Waals surface area contributed by atoms with E-state index in [4.69, 9.17) is 5.73 Å². The Kier molecular flexibility index (Phi) is 4.76. The number of hydrogen-bond acceptors (Lipinski definition) is 2. The highest BCUT2D eigenvalue weighted by Gasteiger charge is 2.21. The van der Waals surface area contributed by atoms with Crippen LogP contribution in [0.5, 0.6) is 0 Å². The molecule has 0 aromatic heterocycles. The van der Waals surface area contributed by atoms with E-state index in [9.17, 15) is 4.79 Å². The van der Waals surface area contributed by atoms with Crippen molar-refractivity contribution in [3.05, 3.63) is 35.9 Å². The molecule has 1 amide bonds. The summed E-state index contributed by atoms with van der Waals surface area (Å²) in [7, 11) is 0. The van der Waals surface area contributed by atoms with Crippen LogP contribution in [0.2, 0.25) is 0 Å². The van der Waals surface area contributed by atoms with E-state index in [0.717, 1.165) is 32.2 Å². The van der Waals surface area contributed by atoms with E-state index in [-0.39, 0.29) is 5.91 Å². The van der Waals surface area contributed by atoms with Gasteiger partial charge in [0.25, 0.3) is 0 Å². The highest BCUT2D eigenvalue weighted by atomic mass is 16.1. The molecule has 0 radical (unpaired) electrons. The highest BCUT2D eigenvalue weighted by molar-refractivity contribution is 5.76. The first-order chi connectivity index (χ1) is 8.74. The molecule has 1 aromatic carbocycles. The van der Waals surface area contributed by atoms with Gasteiger partial charge in [-0.25, -0.2) is 0 Å². The van der Waals surface area contributed by atoms with Crippen molar-refractivity contribution in [3.8, 4) is 0 Å². The van der Waals surface area contributed by atoms with Crippen LogP contribution in [0.3, 0.4) is 0 Å². The van der Waals surface area contributed by atoms with Gasteiger partial charge in [0.15, 0.2) is 0 Å². The van der Waals surface area contributed by atoms with Gasteiger partial charge in [-0.3, -0.25) is 4.79 Å². The predicted molar refractivity (Wildman–Crippen MR) is 73.1 cm³/mol. The van der Waals surface area contributed by atoms with Crippen LogP contribution in [-0.4, -0.2) is 18.5 Å². The molecule has 0 saturated heterocycles. The van der Waals surface area contributed by atoms with Crippen LogP contribution in [0, 0.1) is 5.92 Å². The Morgan fingerprint density at radius 1 is 1.28 bits per heavy atom. The van der Waals surface area contributed by atoms with Gasteiger partial charge in [0, 0.05) is 19.0 Å². The minimum absolute atomic E-state index is 0.152. The number of nitrogens with two attached hydrogens (primary N) is 1. The standard InChI is InChI=1S/C15H22N2O/c16-14-8-6-13(10-14)11-17-15(18)9-7-12-4-2-1-3-5-12/h1-5,13-14H,6-11,16H2,(H,17,18). The van der Waals surface area contributed by atoms with E-state index >= 15 is 0 Å². The number of benzene rings is 1. The van der Waals surface area contributed by atoms with Crippen molar-refractivity contribution in [2.45, 2.75) is 38.1 Å². The molecular weight excluding hydrogens is 224 g/mol. The minimum Gasteiger partial charge on any atom is -0.356 e. The second-order valence-electron chi connectivity index (χ2n) is 5.23. The molecule has 1 aromatic rings. The molecule has 3 N–H and O–H groups in total. The molecule has 0 aliphatic heterocycles. The zero-order chi connectivity index (χ0) is 12.8. The Morgan fingerprint density at radius 2 is 2.06 bits per heavy atom. The van der Waals surface area contributed by atoms with Crippen molar-refractivity contribution in [1.82, 2.24) is 5.32 Å². The Morgan fingerprint density at radius 3 is 2.72 bits per heavy atom. The normalized spacial score (nSPS) is 22.9. The van der Waals surface area contributed by atoms with Gasteiger partial charge in [-0.2, -0.15) is 0 Å². The molecule has 2 unspecified atom stereocenters. The fourth-order valence-corrected chi connectivity index (χ4v) is 2.55. The molecule has 2 atom stereocenters. The van der Waals surface area contributed by atoms with E-state index in [1.807, 2.05) is 18.2 Å². The molecule has 0 bridgehead atoms. The quantitative estimate of drug-likeness (QED) is 0.833. The van der Waals surface area contributed by atoms with Crippen LogP contribution in [0.1, 0.15) is 31.2 Å². The van der Waals surface area contributed by atoms with Crippen molar-refractivity contribution < 1.29 is 4.79 Å². The lowest BCUT2D eigenvalue weighted by atomic mass is 10.1. The fourth-order valence-electron chi connectivity index (χ4n) is 2.55. The van der Waals surface area contributed by atoms with E-state index in [0.29, 0.717) is 18.4 Å². The monoisotopic (exact) mass is 246 g/mol. The van der Waals surface area contributed by atoms with Crippen molar-refractivity contribution >= 4 is 5.91 Å². The average molecular weight is 246 g/mol. The summed E-state index contributed by atoms with van der Waals surface area (Å²) in [6.07, 6.45) is 4.70. The predicted octanol–water partition coefficient (Wildman–Crippen LogP) is 1.86. The van der Waals surface area contributed by atoms with Gasteiger partial charge in [0.1, 0.15) is 0 Å². The number of hydrogen-bond donors (Lipinski definition) is 2. The fraction of sp³-hybridized carbons (Fsp3) is 0.533. The Hall–Kier alpha value is -1.35. The van der Waals surface area contributed by atoms with E-state index < -0.39 is 0 Å². The van der Waals surface area contributed by atoms with Crippen LogP contribution in [0.15, 0.2) is 30.3 Å². The van der Waals surface area contributed by atoms with Crippen molar-refractivity contribution in [3.63, 3.8) is 0 Å². The number of carbonyl (C=O) groups excluding carboxylic acids is 1. The van der Waals surface area contributed by atoms with E-state index in [1.54, 1.807) is 0 Å². The zero-order valence-electron chi connectivity index (χ0n) is 10.8. The molecular formula is C15H22N2O. The molecule has 3 heteroatoms. The minimum atomic E-state index is 0.152. The molecule has 1 saturated carbocycles. The number of carbonyl (C=O) groups is 1. The largest absolute Gasteiger partial charge is 0.356 e. The summed E-state index contributed by atoms with van der Waals surface area (Å²) in [5, 5.41) is 3.02. The first-order valence-corrected chi connectivity index (χ1v) is 6.80. The average Bonchev–Trinajstić information content (AvgIpc) is 2.81. The van der Waals surface area contributed by atoms with Crippen molar-refractivity contribution in [2.75, 3.05) is 6.54 Å². The third kappa shape index (κ3) is 4.15. The molecule has 1 aliphatic carbocycles. The smallest absolute Gasteiger partial charge is 0.220 e. The van der Waals surface area contributed by atoms with Crippen LogP contribution in [0.4, 0.5) is 0 Å². The van der Waals surface area contributed by atoms with Gasteiger partial charge in [0.05, 0.1) is 0 Å². The van der Waals surface area contributed by atoms with E-state index in [1.165, 1.54) is 5.56 Å². The maximum Gasteiger partial charge on any atom is 0.220 e. The Balaban J connectivity index is 1.63. The molecule has 98 valence electrons. The SMILES string of the molecule is NC1CCC(CNC(=O)CCc2ccccc2)C1. The second kappa shape index (κ2) is 6.55. The second-order valence-corrected chi connectivity index (χ2v) is 5.23. The number of rotatable bonds is 5. The Bertz CT molecular complexity index is 377. The van der Waals surface area contributed by atoms with Gasteiger partial charge in [-0.15, -0.1) is 0 Å². The summed E-state index contributed by atoms with van der Waals surface area (Å²) in [4.78, 5) is 11.7. The molecule has 3 nitrogen and oxygen atoms in total. The van der Waals surface area contributed by atoms with E-state index in [2.05, 4.69) is 17.4 Å². The van der Waals surface area contributed by atoms with Crippen LogP contribution in [0.25, 0.3) is 0 Å². The number of nitrogens with one attached hydrogen (secondary N) is 1. The number of amides is 1. The molecule has 0 spiro atoms. The third-order valence-corrected chi connectivity index (χ3v) is 3.65. The van der Waals surface area contributed by atoms with Crippen LogP contribution < -0.4 is 11.1 Å². The maximum absolute atomic E-state index is 11.7. The van der Waals surface area contributed by atoms with Gasteiger partial charge >= 0.3 is 0 Å². The molecule has 18 heavy (non-hydrogen) atoms. The summed E-state index contributed by atoms with van der Waals surface area (Å²) >= 11 is 0. The third-order valence-electron chi connectivity index (χ3n) is 3.65. The summed E-state index contributed by atoms with van der Waals surface area (Å²) in [6, 6.07) is 10.5. The topological polar surface area (TPSA) is 55.1 Å². The van der Waals surface area contributed by atoms with Crippen molar-refractivity contribution in [2.24, 2.45) is 11.7 Å². The summed E-state index contributed by atoms with van der Waals surface area (Å²) in [5.41, 5.74) is 7.07. The van der Waals surface area contributed by atoms with Crippen LogP contribution in [-0.2, 0) is 11.2 Å². The molecule has 0 heterocycles. The lowest BCUT2D eigenvalue weighted by molar-refractivity contribution is -0.121. The molecule has 1 fully saturated rings. The Labute approximate surface area is 109 Å². The molecule has 1 aliphatic rings. The lowest BCUT2D eigenvalue weighted by Crippen LogP contribution is -2.29. The first kappa shape index (κ1) is 13.1. The van der Waals surface area contributed by atoms with Crippen molar-refractivity contribution in [1.29, 1.82) is 0 Å². The summed E-state index contributed by atoms with van der Waals surface area (Å²) < 4.78 is 0. The first-order valence-electron chi connectivity index (χ1n) is 6.80. The summed E-state index contributed by atoms with van der Waals surface area (Å²) in [6.45, 7) is 0.793. The highest BCUT2D eigenvalue weighted by Crippen LogP contribution is 2.23. The lowest BCUT2D eigenvalue weighted by Gasteiger charge is -2.11. The maximum atomic E-state index is 11.7. The van der Waals surface area contributed by atoms with Gasteiger partial charge in [-0.05, 0) is 37.2 Å².